The number of alkyl halides is 2. The van der Waals surface area contributed by atoms with Gasteiger partial charge in [0.1, 0.15) is 0 Å². The van der Waals surface area contributed by atoms with E-state index in [4.69, 9.17) is 4.74 Å². The average Bonchev–Trinajstić information content (AvgIpc) is 2.96. The summed E-state index contributed by atoms with van der Waals surface area (Å²) in [7, 11) is 0. The molecule has 0 aliphatic heterocycles. The van der Waals surface area contributed by atoms with Gasteiger partial charge in [-0.1, -0.05) is 0 Å². The van der Waals surface area contributed by atoms with Gasteiger partial charge < -0.3 is 14.8 Å². The maximum absolute atomic E-state index is 12.5. The maximum atomic E-state index is 12.5. The molecule has 6 nitrogen and oxygen atoms in total. The van der Waals surface area contributed by atoms with Gasteiger partial charge in [0.25, 0.3) is 5.91 Å². The first-order valence-corrected chi connectivity index (χ1v) is 8.42. The Hall–Kier alpha value is -2.64. The SMILES string of the molecule is CCOc1cc(C(=O)NC(C)c2cnn(CC)c2C)ccc1OC(F)F. The summed E-state index contributed by atoms with van der Waals surface area (Å²) in [4.78, 5) is 12.5. The number of carbonyl (C=O) groups is 1. The molecule has 26 heavy (non-hydrogen) atoms. The van der Waals surface area contributed by atoms with Crippen LogP contribution in [-0.2, 0) is 6.54 Å². The number of benzene rings is 1. The van der Waals surface area contributed by atoms with Crippen molar-refractivity contribution in [3.05, 3.63) is 41.2 Å². The van der Waals surface area contributed by atoms with Crippen LogP contribution in [0.15, 0.2) is 24.4 Å². The molecule has 1 atom stereocenters. The fourth-order valence-electron chi connectivity index (χ4n) is 2.67. The number of aromatic nitrogens is 2. The van der Waals surface area contributed by atoms with Gasteiger partial charge in [0.15, 0.2) is 11.5 Å². The second-order valence-corrected chi connectivity index (χ2v) is 5.67. The molecule has 1 N–H and O–H groups in total. The Morgan fingerprint density at radius 2 is 2.04 bits per heavy atom. The average molecular weight is 367 g/mol. The van der Waals surface area contributed by atoms with Gasteiger partial charge in [-0.2, -0.15) is 13.9 Å². The highest BCUT2D eigenvalue weighted by Crippen LogP contribution is 2.30. The van der Waals surface area contributed by atoms with Crippen molar-refractivity contribution in [2.45, 2.75) is 46.9 Å². The van der Waals surface area contributed by atoms with E-state index in [0.717, 1.165) is 17.8 Å². The van der Waals surface area contributed by atoms with Crippen LogP contribution >= 0.6 is 0 Å². The van der Waals surface area contributed by atoms with Crippen molar-refractivity contribution in [2.24, 2.45) is 0 Å². The van der Waals surface area contributed by atoms with Gasteiger partial charge in [-0.25, -0.2) is 0 Å². The first kappa shape index (κ1) is 19.7. The van der Waals surface area contributed by atoms with Gasteiger partial charge in [0.05, 0.1) is 18.8 Å². The van der Waals surface area contributed by atoms with Crippen molar-refractivity contribution in [2.75, 3.05) is 6.61 Å². The normalized spacial score (nSPS) is 12.1. The van der Waals surface area contributed by atoms with Crippen LogP contribution < -0.4 is 14.8 Å². The number of hydrogen-bond acceptors (Lipinski definition) is 4. The number of nitrogens with zero attached hydrogens (tertiary/aromatic N) is 2. The van der Waals surface area contributed by atoms with Crippen LogP contribution in [0.2, 0.25) is 0 Å². The van der Waals surface area contributed by atoms with Crippen LogP contribution in [0.5, 0.6) is 11.5 Å². The van der Waals surface area contributed by atoms with E-state index < -0.39 is 6.61 Å². The zero-order valence-electron chi connectivity index (χ0n) is 15.3. The van der Waals surface area contributed by atoms with Gasteiger partial charge in [0.2, 0.25) is 0 Å². The molecule has 0 saturated carbocycles. The van der Waals surface area contributed by atoms with Crippen LogP contribution in [0, 0.1) is 6.92 Å². The zero-order chi connectivity index (χ0) is 19.3. The molecule has 0 aliphatic carbocycles. The van der Waals surface area contributed by atoms with Crippen molar-refractivity contribution in [3.8, 4) is 11.5 Å². The number of nitrogens with one attached hydrogen (secondary N) is 1. The summed E-state index contributed by atoms with van der Waals surface area (Å²) >= 11 is 0. The standard InChI is InChI=1S/C18H23F2N3O3/c1-5-23-12(4)14(10-21-23)11(3)22-17(24)13-7-8-15(26-18(19)20)16(9-13)25-6-2/h7-11,18H,5-6H2,1-4H3,(H,22,24). The largest absolute Gasteiger partial charge is 0.490 e. The van der Waals surface area contributed by atoms with Crippen LogP contribution in [-0.4, -0.2) is 28.9 Å². The minimum Gasteiger partial charge on any atom is -0.490 e. The summed E-state index contributed by atoms with van der Waals surface area (Å²) in [6.07, 6.45) is 1.73. The highest BCUT2D eigenvalue weighted by atomic mass is 19.3. The predicted molar refractivity (Wildman–Crippen MR) is 92.8 cm³/mol. The highest BCUT2D eigenvalue weighted by molar-refractivity contribution is 5.95. The summed E-state index contributed by atoms with van der Waals surface area (Å²) in [5.74, 6) is -0.347. The molecule has 1 unspecified atom stereocenters. The number of hydrogen-bond donors (Lipinski definition) is 1. The smallest absolute Gasteiger partial charge is 0.387 e. The van der Waals surface area contributed by atoms with Crippen LogP contribution in [0.4, 0.5) is 8.78 Å². The van der Waals surface area contributed by atoms with E-state index in [1.54, 1.807) is 13.1 Å². The van der Waals surface area contributed by atoms with Crippen LogP contribution in [0.25, 0.3) is 0 Å². The first-order valence-electron chi connectivity index (χ1n) is 8.42. The fourth-order valence-corrected chi connectivity index (χ4v) is 2.67. The third kappa shape index (κ3) is 4.50. The predicted octanol–water partition coefficient (Wildman–Crippen LogP) is 3.70. The lowest BCUT2D eigenvalue weighted by atomic mass is 10.1. The number of halogens is 2. The zero-order valence-corrected chi connectivity index (χ0v) is 15.3. The Morgan fingerprint density at radius 3 is 2.62 bits per heavy atom. The highest BCUT2D eigenvalue weighted by Gasteiger charge is 2.18. The van der Waals surface area contributed by atoms with Gasteiger partial charge in [0, 0.05) is 23.4 Å². The van der Waals surface area contributed by atoms with Gasteiger partial charge in [-0.15, -0.1) is 0 Å². The third-order valence-electron chi connectivity index (χ3n) is 3.98. The fraction of sp³-hybridized carbons (Fsp3) is 0.444. The van der Waals surface area contributed by atoms with E-state index in [0.29, 0.717) is 5.56 Å². The summed E-state index contributed by atoms with van der Waals surface area (Å²) in [6.45, 7) is 5.55. The molecule has 142 valence electrons. The molecular weight excluding hydrogens is 344 g/mol. The first-order chi connectivity index (χ1) is 12.4. The van der Waals surface area contributed by atoms with Crippen LogP contribution in [0.3, 0.4) is 0 Å². The molecule has 0 saturated heterocycles. The Labute approximate surface area is 151 Å². The topological polar surface area (TPSA) is 65.4 Å². The lowest BCUT2D eigenvalue weighted by Crippen LogP contribution is -2.27. The van der Waals surface area contributed by atoms with Gasteiger partial charge in [-0.05, 0) is 45.9 Å². The molecule has 1 aromatic carbocycles. The van der Waals surface area contributed by atoms with Crippen molar-refractivity contribution in [3.63, 3.8) is 0 Å². The van der Waals surface area contributed by atoms with Crippen molar-refractivity contribution >= 4 is 5.91 Å². The lowest BCUT2D eigenvalue weighted by molar-refractivity contribution is -0.0514. The number of rotatable bonds is 8. The molecule has 0 aliphatic rings. The van der Waals surface area contributed by atoms with E-state index in [1.165, 1.54) is 18.2 Å². The van der Waals surface area contributed by atoms with Crippen LogP contribution in [0.1, 0.15) is 48.4 Å². The Bertz CT molecular complexity index is 762. The molecule has 2 aromatic rings. The van der Waals surface area contributed by atoms with Crippen molar-refractivity contribution in [1.82, 2.24) is 15.1 Å². The van der Waals surface area contributed by atoms with E-state index in [1.807, 2.05) is 25.5 Å². The van der Waals surface area contributed by atoms with E-state index in [2.05, 4.69) is 15.2 Å². The molecule has 0 radical (unpaired) electrons. The molecule has 1 heterocycles. The summed E-state index contributed by atoms with van der Waals surface area (Å²) in [6, 6.07) is 3.86. The molecule has 1 amide bonds. The summed E-state index contributed by atoms with van der Waals surface area (Å²) in [5, 5.41) is 7.15. The van der Waals surface area contributed by atoms with Gasteiger partial charge >= 0.3 is 6.61 Å². The molecular formula is C18H23F2N3O3. The number of aryl methyl sites for hydroxylation is 1. The summed E-state index contributed by atoms with van der Waals surface area (Å²) < 4.78 is 36.5. The molecule has 0 bridgehead atoms. The number of carbonyl (C=O) groups excluding carboxylic acids is 1. The minimum atomic E-state index is -2.97. The monoisotopic (exact) mass is 367 g/mol. The Balaban J connectivity index is 2.17. The van der Waals surface area contributed by atoms with E-state index >= 15 is 0 Å². The van der Waals surface area contributed by atoms with E-state index in [-0.39, 0.29) is 30.1 Å². The Morgan fingerprint density at radius 1 is 1.31 bits per heavy atom. The molecule has 8 heteroatoms. The molecule has 1 aromatic heterocycles. The van der Waals surface area contributed by atoms with Crippen molar-refractivity contribution < 1.29 is 23.0 Å². The summed E-state index contributed by atoms with van der Waals surface area (Å²) in [5.41, 5.74) is 2.20. The van der Waals surface area contributed by atoms with E-state index in [9.17, 15) is 13.6 Å². The third-order valence-corrected chi connectivity index (χ3v) is 3.98. The molecule has 0 spiro atoms. The second kappa shape index (κ2) is 8.64. The van der Waals surface area contributed by atoms with Gasteiger partial charge in [-0.3, -0.25) is 9.48 Å². The van der Waals surface area contributed by atoms with Crippen molar-refractivity contribution in [1.29, 1.82) is 0 Å². The molecule has 2 rings (SSSR count). The second-order valence-electron chi connectivity index (χ2n) is 5.67. The molecule has 0 fully saturated rings. The lowest BCUT2D eigenvalue weighted by Gasteiger charge is -2.16. The number of ether oxygens (including phenoxy) is 2. The number of amides is 1. The quantitative estimate of drug-likeness (QED) is 0.773. The maximum Gasteiger partial charge on any atom is 0.387 e. The minimum absolute atomic E-state index is 0.100. The Kier molecular flexibility index (Phi) is 6.54.